The van der Waals surface area contributed by atoms with Gasteiger partial charge in [-0.3, -0.25) is 4.90 Å². The third kappa shape index (κ3) is 3.48. The normalized spacial score (nSPS) is 18.3. The summed E-state index contributed by atoms with van der Waals surface area (Å²) in [6.07, 6.45) is 3.80. The Hall–Kier alpha value is -1.06. The van der Waals surface area contributed by atoms with Crippen molar-refractivity contribution in [2.24, 2.45) is 0 Å². The van der Waals surface area contributed by atoms with Gasteiger partial charge in [0.2, 0.25) is 0 Å². The quantitative estimate of drug-likeness (QED) is 0.886. The molecule has 1 aliphatic heterocycles. The minimum Gasteiger partial charge on any atom is -0.494 e. The molecule has 1 saturated heterocycles. The first kappa shape index (κ1) is 14.4. The zero-order valence-corrected chi connectivity index (χ0v) is 12.1. The van der Waals surface area contributed by atoms with Crippen LogP contribution in [0.1, 0.15) is 43.4 Å². The predicted octanol–water partition coefficient (Wildman–Crippen LogP) is 2.91. The maximum Gasteiger partial charge on any atom is 0.122 e. The maximum absolute atomic E-state index is 9.72. The predicted molar refractivity (Wildman–Crippen MR) is 77.6 cm³/mol. The van der Waals surface area contributed by atoms with Gasteiger partial charge in [0.1, 0.15) is 5.75 Å². The molecular formula is C16H25NO2. The highest BCUT2D eigenvalue weighted by Crippen LogP contribution is 2.28. The van der Waals surface area contributed by atoms with Crippen LogP contribution in [0.5, 0.6) is 5.75 Å². The fourth-order valence-corrected chi connectivity index (χ4v) is 2.86. The monoisotopic (exact) mass is 263 g/mol. The molecule has 1 heterocycles. The van der Waals surface area contributed by atoms with Crippen molar-refractivity contribution in [3.63, 3.8) is 0 Å². The lowest BCUT2D eigenvalue weighted by atomic mass is 10.0. The Morgan fingerprint density at radius 2 is 2.00 bits per heavy atom. The lowest BCUT2D eigenvalue weighted by Gasteiger charge is -2.34. The summed E-state index contributed by atoms with van der Waals surface area (Å²) in [5.74, 6) is 0.946. The Morgan fingerprint density at radius 1 is 1.26 bits per heavy atom. The Balaban J connectivity index is 2.15. The number of aryl methyl sites for hydroxylation is 1. The zero-order valence-electron chi connectivity index (χ0n) is 12.1. The molecule has 1 fully saturated rings. The van der Waals surface area contributed by atoms with Gasteiger partial charge in [-0.1, -0.05) is 18.6 Å². The molecule has 2 rings (SSSR count). The van der Waals surface area contributed by atoms with E-state index in [2.05, 4.69) is 24.0 Å². The van der Waals surface area contributed by atoms with Gasteiger partial charge in [-0.05, 0) is 57.0 Å². The minimum absolute atomic E-state index is 0.134. The number of hydrogen-bond donors (Lipinski definition) is 1. The summed E-state index contributed by atoms with van der Waals surface area (Å²) in [5.41, 5.74) is 2.35. The number of hydrogen-bond acceptors (Lipinski definition) is 3. The van der Waals surface area contributed by atoms with Crippen LogP contribution in [0.2, 0.25) is 0 Å². The van der Waals surface area contributed by atoms with Crippen LogP contribution in [-0.2, 0) is 0 Å². The summed E-state index contributed by atoms with van der Waals surface area (Å²) in [5, 5.41) is 9.72. The highest BCUT2D eigenvalue weighted by Gasteiger charge is 2.21. The molecule has 0 spiro atoms. The van der Waals surface area contributed by atoms with E-state index in [0.717, 1.165) is 24.4 Å². The number of piperidine rings is 1. The number of likely N-dealkylation sites (tertiary alicyclic amines) is 1. The van der Waals surface area contributed by atoms with Crippen LogP contribution in [0, 0.1) is 6.92 Å². The molecule has 3 nitrogen and oxygen atoms in total. The third-order valence-electron chi connectivity index (χ3n) is 3.89. The molecule has 0 aliphatic carbocycles. The number of benzene rings is 1. The summed E-state index contributed by atoms with van der Waals surface area (Å²) < 4.78 is 5.57. The molecular weight excluding hydrogens is 238 g/mol. The van der Waals surface area contributed by atoms with Crippen molar-refractivity contribution in [2.75, 3.05) is 26.3 Å². The van der Waals surface area contributed by atoms with Crippen LogP contribution in [0.3, 0.4) is 0 Å². The second kappa shape index (κ2) is 6.92. The molecule has 1 N–H and O–H groups in total. The second-order valence-corrected chi connectivity index (χ2v) is 5.25. The second-order valence-electron chi connectivity index (χ2n) is 5.25. The van der Waals surface area contributed by atoms with E-state index in [1.165, 1.54) is 24.8 Å². The summed E-state index contributed by atoms with van der Waals surface area (Å²) in [6, 6.07) is 6.41. The lowest BCUT2D eigenvalue weighted by Crippen LogP contribution is -2.35. The van der Waals surface area contributed by atoms with Gasteiger partial charge in [-0.2, -0.15) is 0 Å². The number of rotatable bonds is 5. The van der Waals surface area contributed by atoms with Crippen LogP contribution in [0.4, 0.5) is 0 Å². The minimum atomic E-state index is 0.134. The van der Waals surface area contributed by atoms with Gasteiger partial charge in [0, 0.05) is 0 Å². The Labute approximate surface area is 116 Å². The first-order valence-electron chi connectivity index (χ1n) is 7.34. The van der Waals surface area contributed by atoms with Gasteiger partial charge in [-0.15, -0.1) is 0 Å². The van der Waals surface area contributed by atoms with Gasteiger partial charge < -0.3 is 9.84 Å². The molecule has 1 unspecified atom stereocenters. The van der Waals surface area contributed by atoms with E-state index in [9.17, 15) is 5.11 Å². The van der Waals surface area contributed by atoms with Crippen LogP contribution in [0.25, 0.3) is 0 Å². The SMILES string of the molecule is CCOc1ccc(C(CO)N2CCCCC2)cc1C. The molecule has 19 heavy (non-hydrogen) atoms. The van der Waals surface area contributed by atoms with Gasteiger partial charge in [0.25, 0.3) is 0 Å². The Bertz CT molecular complexity index is 400. The molecule has 0 bridgehead atoms. The fourth-order valence-electron chi connectivity index (χ4n) is 2.86. The first-order chi connectivity index (χ1) is 9.26. The van der Waals surface area contributed by atoms with Gasteiger partial charge in [-0.25, -0.2) is 0 Å². The van der Waals surface area contributed by atoms with Crippen molar-refractivity contribution in [3.8, 4) is 5.75 Å². The van der Waals surface area contributed by atoms with Gasteiger partial charge in [0.15, 0.2) is 0 Å². The molecule has 0 saturated carbocycles. The summed E-state index contributed by atoms with van der Waals surface area (Å²) in [6.45, 7) is 7.13. The molecule has 1 aromatic carbocycles. The number of ether oxygens (including phenoxy) is 1. The topological polar surface area (TPSA) is 32.7 Å². The van der Waals surface area contributed by atoms with Crippen molar-refractivity contribution >= 4 is 0 Å². The van der Waals surface area contributed by atoms with Crippen LogP contribution >= 0.6 is 0 Å². The molecule has 1 aliphatic rings. The fraction of sp³-hybridized carbons (Fsp3) is 0.625. The van der Waals surface area contributed by atoms with Crippen molar-refractivity contribution in [1.82, 2.24) is 4.90 Å². The standard InChI is InChI=1S/C16H25NO2/c1-3-19-16-8-7-14(11-13(16)2)15(12-18)17-9-5-4-6-10-17/h7-8,11,15,18H,3-6,9-10,12H2,1-2H3. The van der Waals surface area contributed by atoms with Crippen molar-refractivity contribution in [1.29, 1.82) is 0 Å². The number of nitrogens with zero attached hydrogens (tertiary/aromatic N) is 1. The smallest absolute Gasteiger partial charge is 0.122 e. The first-order valence-corrected chi connectivity index (χ1v) is 7.34. The number of aliphatic hydroxyl groups excluding tert-OH is 1. The number of aliphatic hydroxyl groups is 1. The summed E-state index contributed by atoms with van der Waals surface area (Å²) in [7, 11) is 0. The van der Waals surface area contributed by atoms with E-state index in [1.54, 1.807) is 0 Å². The van der Waals surface area contributed by atoms with Crippen LogP contribution in [-0.4, -0.2) is 36.3 Å². The highest BCUT2D eigenvalue weighted by atomic mass is 16.5. The van der Waals surface area contributed by atoms with E-state index >= 15 is 0 Å². The molecule has 106 valence electrons. The Morgan fingerprint density at radius 3 is 2.58 bits per heavy atom. The highest BCUT2D eigenvalue weighted by molar-refractivity contribution is 5.37. The third-order valence-corrected chi connectivity index (χ3v) is 3.89. The average Bonchev–Trinajstić information content (AvgIpc) is 2.44. The van der Waals surface area contributed by atoms with Crippen LogP contribution < -0.4 is 4.74 Å². The van der Waals surface area contributed by atoms with E-state index in [1.807, 2.05) is 13.0 Å². The van der Waals surface area contributed by atoms with Crippen molar-refractivity contribution in [2.45, 2.75) is 39.2 Å². The zero-order chi connectivity index (χ0) is 13.7. The molecule has 0 radical (unpaired) electrons. The summed E-state index contributed by atoms with van der Waals surface area (Å²) >= 11 is 0. The van der Waals surface area contributed by atoms with Gasteiger partial charge in [0.05, 0.1) is 19.3 Å². The maximum atomic E-state index is 9.72. The molecule has 0 amide bonds. The Kier molecular flexibility index (Phi) is 5.23. The molecule has 3 heteroatoms. The van der Waals surface area contributed by atoms with Crippen molar-refractivity contribution < 1.29 is 9.84 Å². The van der Waals surface area contributed by atoms with E-state index in [4.69, 9.17) is 4.74 Å². The summed E-state index contributed by atoms with van der Waals surface area (Å²) in [4.78, 5) is 2.40. The lowest BCUT2D eigenvalue weighted by molar-refractivity contribution is 0.104. The van der Waals surface area contributed by atoms with Crippen molar-refractivity contribution in [3.05, 3.63) is 29.3 Å². The van der Waals surface area contributed by atoms with Crippen LogP contribution in [0.15, 0.2) is 18.2 Å². The molecule has 0 aromatic heterocycles. The van der Waals surface area contributed by atoms with E-state index < -0.39 is 0 Å². The molecule has 1 atom stereocenters. The van der Waals surface area contributed by atoms with E-state index in [0.29, 0.717) is 6.61 Å². The molecule has 1 aromatic rings. The largest absolute Gasteiger partial charge is 0.494 e. The van der Waals surface area contributed by atoms with E-state index in [-0.39, 0.29) is 12.6 Å². The average molecular weight is 263 g/mol. The van der Waals surface area contributed by atoms with Gasteiger partial charge >= 0.3 is 0 Å².